The summed E-state index contributed by atoms with van der Waals surface area (Å²) in [7, 11) is 0. The molecule has 0 aliphatic carbocycles. The van der Waals surface area contributed by atoms with Crippen LogP contribution in [0, 0.1) is 5.92 Å². The zero-order chi connectivity index (χ0) is 13.8. The minimum absolute atomic E-state index is 0.305. The third-order valence-corrected chi connectivity index (χ3v) is 2.38. The average molecular weight is 256 g/mol. The topological polar surface area (TPSA) is 52.6 Å². The molecule has 0 spiro atoms. The van der Waals surface area contributed by atoms with E-state index in [1.54, 1.807) is 6.92 Å². The maximum absolute atomic E-state index is 11.5. The Balaban J connectivity index is 3.86. The highest BCUT2D eigenvalue weighted by molar-refractivity contribution is 5.83. The molecule has 0 heterocycles. The van der Waals surface area contributed by atoms with E-state index in [9.17, 15) is 9.59 Å². The summed E-state index contributed by atoms with van der Waals surface area (Å²) in [4.78, 5) is 22.7. The summed E-state index contributed by atoms with van der Waals surface area (Å²) in [5, 5.41) is 0. The molecule has 0 N–H and O–H groups in total. The van der Waals surface area contributed by atoms with Crippen LogP contribution in [0.4, 0.5) is 0 Å². The van der Waals surface area contributed by atoms with E-state index in [-0.39, 0.29) is 5.97 Å². The van der Waals surface area contributed by atoms with E-state index in [0.717, 1.165) is 25.7 Å². The lowest BCUT2D eigenvalue weighted by atomic mass is 10.1. The van der Waals surface area contributed by atoms with E-state index in [1.165, 1.54) is 12.2 Å². The molecule has 0 bridgehead atoms. The SMILES string of the molecule is CCCCOC(=O)/C=C/C(C)C(=O)OCCCC. The zero-order valence-electron chi connectivity index (χ0n) is 11.6. The van der Waals surface area contributed by atoms with Gasteiger partial charge in [-0.2, -0.15) is 0 Å². The van der Waals surface area contributed by atoms with E-state index in [0.29, 0.717) is 13.2 Å². The quantitative estimate of drug-likeness (QED) is 0.361. The zero-order valence-corrected chi connectivity index (χ0v) is 11.6. The van der Waals surface area contributed by atoms with Gasteiger partial charge in [-0.25, -0.2) is 4.79 Å². The van der Waals surface area contributed by atoms with Gasteiger partial charge in [0.1, 0.15) is 0 Å². The van der Waals surface area contributed by atoms with Crippen molar-refractivity contribution in [3.63, 3.8) is 0 Å². The summed E-state index contributed by atoms with van der Waals surface area (Å²) in [5.74, 6) is -1.13. The molecule has 0 aliphatic heterocycles. The smallest absolute Gasteiger partial charge is 0.330 e. The molecule has 0 saturated carbocycles. The standard InChI is InChI=1S/C14H24O4/c1-4-6-10-17-13(15)9-8-12(3)14(16)18-11-7-5-2/h8-9,12H,4-7,10-11H2,1-3H3/b9-8+. The average Bonchev–Trinajstić information content (AvgIpc) is 2.36. The van der Waals surface area contributed by atoms with Gasteiger partial charge < -0.3 is 9.47 Å². The van der Waals surface area contributed by atoms with Crippen molar-refractivity contribution in [1.29, 1.82) is 0 Å². The molecule has 18 heavy (non-hydrogen) atoms. The Morgan fingerprint density at radius 1 is 1.06 bits per heavy atom. The van der Waals surface area contributed by atoms with Crippen LogP contribution in [0.25, 0.3) is 0 Å². The fourth-order valence-electron chi connectivity index (χ4n) is 1.12. The van der Waals surface area contributed by atoms with Gasteiger partial charge in [-0.3, -0.25) is 4.79 Å². The second-order valence-electron chi connectivity index (χ2n) is 4.19. The molecule has 0 aliphatic rings. The van der Waals surface area contributed by atoms with Crippen LogP contribution in [0.3, 0.4) is 0 Å². The van der Waals surface area contributed by atoms with Crippen LogP contribution >= 0.6 is 0 Å². The number of hydrogen-bond donors (Lipinski definition) is 0. The second-order valence-corrected chi connectivity index (χ2v) is 4.19. The number of rotatable bonds is 9. The number of carbonyl (C=O) groups is 2. The van der Waals surface area contributed by atoms with Gasteiger partial charge in [0, 0.05) is 6.08 Å². The Hall–Kier alpha value is -1.32. The first-order valence-corrected chi connectivity index (χ1v) is 6.63. The predicted octanol–water partition coefficient (Wildman–Crippen LogP) is 2.87. The maximum Gasteiger partial charge on any atom is 0.330 e. The van der Waals surface area contributed by atoms with Crippen molar-refractivity contribution in [1.82, 2.24) is 0 Å². The first-order valence-electron chi connectivity index (χ1n) is 6.63. The molecule has 0 rings (SSSR count). The van der Waals surface area contributed by atoms with Crippen molar-refractivity contribution in [3.05, 3.63) is 12.2 Å². The first-order chi connectivity index (χ1) is 8.61. The Morgan fingerprint density at radius 3 is 2.17 bits per heavy atom. The summed E-state index contributed by atoms with van der Waals surface area (Å²) in [6, 6.07) is 0. The molecule has 0 aromatic carbocycles. The van der Waals surface area contributed by atoms with E-state index in [4.69, 9.17) is 9.47 Å². The predicted molar refractivity (Wildman–Crippen MR) is 70.0 cm³/mol. The minimum atomic E-state index is -0.416. The van der Waals surface area contributed by atoms with Crippen LogP contribution in [0.5, 0.6) is 0 Å². The Labute approximate surface area is 109 Å². The van der Waals surface area contributed by atoms with Crippen LogP contribution in [0.15, 0.2) is 12.2 Å². The molecule has 0 saturated heterocycles. The van der Waals surface area contributed by atoms with Gasteiger partial charge in [-0.15, -0.1) is 0 Å². The first kappa shape index (κ1) is 16.7. The van der Waals surface area contributed by atoms with E-state index in [2.05, 4.69) is 0 Å². The number of hydrogen-bond acceptors (Lipinski definition) is 4. The van der Waals surface area contributed by atoms with Gasteiger partial charge in [-0.05, 0) is 19.8 Å². The van der Waals surface area contributed by atoms with Crippen LogP contribution < -0.4 is 0 Å². The number of ether oxygens (including phenoxy) is 2. The number of esters is 2. The van der Waals surface area contributed by atoms with Crippen LogP contribution in [-0.4, -0.2) is 25.2 Å². The van der Waals surface area contributed by atoms with Crippen molar-refractivity contribution < 1.29 is 19.1 Å². The van der Waals surface area contributed by atoms with Gasteiger partial charge in [0.15, 0.2) is 0 Å². The molecule has 0 fully saturated rings. The van der Waals surface area contributed by atoms with Crippen molar-refractivity contribution in [3.8, 4) is 0 Å². The summed E-state index contributed by atoms with van der Waals surface area (Å²) < 4.78 is 9.97. The lowest BCUT2D eigenvalue weighted by Crippen LogP contribution is -2.14. The van der Waals surface area contributed by atoms with E-state index in [1.807, 2.05) is 13.8 Å². The Morgan fingerprint density at radius 2 is 1.61 bits per heavy atom. The third kappa shape index (κ3) is 8.79. The molecule has 0 amide bonds. The van der Waals surface area contributed by atoms with Gasteiger partial charge in [0.25, 0.3) is 0 Å². The Bertz CT molecular complexity index is 271. The third-order valence-electron chi connectivity index (χ3n) is 2.38. The molecule has 4 nitrogen and oxygen atoms in total. The van der Waals surface area contributed by atoms with Gasteiger partial charge in [0.05, 0.1) is 19.1 Å². The van der Waals surface area contributed by atoms with Gasteiger partial charge >= 0.3 is 11.9 Å². The molecular formula is C14H24O4. The fraction of sp³-hybridized carbons (Fsp3) is 0.714. The molecular weight excluding hydrogens is 232 g/mol. The second kappa shape index (κ2) is 10.8. The van der Waals surface area contributed by atoms with Crippen molar-refractivity contribution >= 4 is 11.9 Å². The Kier molecular flexibility index (Phi) is 10.0. The van der Waals surface area contributed by atoms with Crippen molar-refractivity contribution in [2.75, 3.05) is 13.2 Å². The summed E-state index contributed by atoms with van der Waals surface area (Å²) >= 11 is 0. The molecule has 0 radical (unpaired) electrons. The molecule has 1 atom stereocenters. The van der Waals surface area contributed by atoms with Gasteiger partial charge in [0.2, 0.25) is 0 Å². The number of carbonyl (C=O) groups excluding carboxylic acids is 2. The molecule has 0 aromatic heterocycles. The van der Waals surface area contributed by atoms with Crippen LogP contribution in [0.2, 0.25) is 0 Å². The summed E-state index contributed by atoms with van der Waals surface area (Å²) in [5.41, 5.74) is 0. The normalized spacial score (nSPS) is 12.4. The summed E-state index contributed by atoms with van der Waals surface area (Å²) in [6.45, 7) is 6.62. The lowest BCUT2D eigenvalue weighted by Gasteiger charge is -2.07. The largest absolute Gasteiger partial charge is 0.465 e. The maximum atomic E-state index is 11.5. The number of unbranched alkanes of at least 4 members (excludes halogenated alkanes) is 2. The van der Waals surface area contributed by atoms with E-state index < -0.39 is 11.9 Å². The highest BCUT2D eigenvalue weighted by atomic mass is 16.5. The molecule has 4 heteroatoms. The highest BCUT2D eigenvalue weighted by Crippen LogP contribution is 2.02. The van der Waals surface area contributed by atoms with Crippen molar-refractivity contribution in [2.24, 2.45) is 5.92 Å². The minimum Gasteiger partial charge on any atom is -0.465 e. The molecule has 104 valence electrons. The highest BCUT2D eigenvalue weighted by Gasteiger charge is 2.11. The monoisotopic (exact) mass is 256 g/mol. The molecule has 0 aromatic rings. The molecule has 1 unspecified atom stereocenters. The summed E-state index contributed by atoms with van der Waals surface area (Å²) in [6.07, 6.45) is 6.50. The van der Waals surface area contributed by atoms with Crippen LogP contribution in [0.1, 0.15) is 46.5 Å². The lowest BCUT2D eigenvalue weighted by molar-refractivity contribution is -0.146. The van der Waals surface area contributed by atoms with Crippen molar-refractivity contribution in [2.45, 2.75) is 46.5 Å². The van der Waals surface area contributed by atoms with Gasteiger partial charge in [-0.1, -0.05) is 32.8 Å². The van der Waals surface area contributed by atoms with E-state index >= 15 is 0 Å². The van der Waals surface area contributed by atoms with Crippen LogP contribution in [-0.2, 0) is 19.1 Å². The fourth-order valence-corrected chi connectivity index (χ4v) is 1.12.